The zero-order valence-corrected chi connectivity index (χ0v) is 8.66. The van der Waals surface area contributed by atoms with E-state index in [-0.39, 0.29) is 0 Å². The van der Waals surface area contributed by atoms with Gasteiger partial charge in [-0.25, -0.2) is 0 Å². The Morgan fingerprint density at radius 2 is 2.07 bits per heavy atom. The Kier molecular flexibility index (Phi) is 1.81. The Labute approximate surface area is 88.9 Å². The van der Waals surface area contributed by atoms with Gasteiger partial charge in [-0.2, -0.15) is 0 Å². The molecule has 0 amide bonds. The molecule has 2 aromatic carbocycles. The summed E-state index contributed by atoms with van der Waals surface area (Å²) in [6, 6.07) is 12.9. The van der Waals surface area contributed by atoms with Crippen LogP contribution in [0.4, 0.5) is 5.69 Å². The average molecular weight is 199 g/mol. The third-order valence-electron chi connectivity index (χ3n) is 2.77. The number of nitrogens with one attached hydrogen (secondary N) is 1. The fourth-order valence-corrected chi connectivity index (χ4v) is 2.02. The van der Waals surface area contributed by atoms with Crippen molar-refractivity contribution in [2.75, 3.05) is 11.9 Å². The molecular weight excluding hydrogens is 186 g/mol. The highest BCUT2D eigenvalue weighted by Crippen LogP contribution is 2.35. The van der Waals surface area contributed by atoms with Crippen molar-refractivity contribution in [3.63, 3.8) is 0 Å². The minimum Gasteiger partial charge on any atom is -0.489 e. The molecule has 1 heterocycles. The van der Waals surface area contributed by atoms with Gasteiger partial charge in [0.25, 0.3) is 0 Å². The first-order valence-electron chi connectivity index (χ1n) is 5.26. The number of hydrogen-bond donors (Lipinski definition) is 1. The largest absolute Gasteiger partial charge is 0.489 e. The topological polar surface area (TPSA) is 21.3 Å². The molecule has 2 aromatic rings. The summed E-state index contributed by atoms with van der Waals surface area (Å²) in [5, 5.41) is 5.97. The molecule has 0 aliphatic carbocycles. The van der Waals surface area contributed by atoms with Crippen LogP contribution in [0.25, 0.3) is 10.8 Å². The number of anilines is 1. The minimum absolute atomic E-state index is 0.378. The first-order chi connectivity index (χ1) is 7.34. The lowest BCUT2D eigenvalue weighted by Gasteiger charge is -2.26. The van der Waals surface area contributed by atoms with Gasteiger partial charge in [0.05, 0.1) is 11.7 Å². The quantitative estimate of drug-likeness (QED) is 0.704. The van der Waals surface area contributed by atoms with Gasteiger partial charge in [0.15, 0.2) is 0 Å². The standard InChI is InChI=1S/C13H13NO/c1-9-8-15-12-7-6-10-4-2-3-5-11(10)13(12)14-9/h2-7,9,14H,8H2,1H3. The molecule has 0 bridgehead atoms. The lowest BCUT2D eigenvalue weighted by atomic mass is 10.1. The second-order valence-corrected chi connectivity index (χ2v) is 4.02. The van der Waals surface area contributed by atoms with Gasteiger partial charge in [0, 0.05) is 5.39 Å². The van der Waals surface area contributed by atoms with E-state index >= 15 is 0 Å². The van der Waals surface area contributed by atoms with Crippen LogP contribution >= 0.6 is 0 Å². The van der Waals surface area contributed by atoms with Crippen LogP contribution in [0.5, 0.6) is 5.75 Å². The zero-order chi connectivity index (χ0) is 10.3. The highest BCUT2D eigenvalue weighted by atomic mass is 16.5. The van der Waals surface area contributed by atoms with E-state index in [1.54, 1.807) is 0 Å². The summed E-state index contributed by atoms with van der Waals surface area (Å²) in [7, 11) is 0. The average Bonchev–Trinajstić information content (AvgIpc) is 2.29. The zero-order valence-electron chi connectivity index (χ0n) is 8.66. The smallest absolute Gasteiger partial charge is 0.143 e. The highest BCUT2D eigenvalue weighted by molar-refractivity contribution is 5.97. The monoisotopic (exact) mass is 199 g/mol. The molecule has 15 heavy (non-hydrogen) atoms. The van der Waals surface area contributed by atoms with E-state index in [1.165, 1.54) is 10.8 Å². The number of ether oxygens (including phenoxy) is 1. The van der Waals surface area contributed by atoms with Crippen LogP contribution in [0.3, 0.4) is 0 Å². The third kappa shape index (κ3) is 1.33. The molecule has 2 heteroatoms. The first kappa shape index (κ1) is 8.60. The molecule has 0 radical (unpaired) electrons. The molecule has 0 spiro atoms. The second kappa shape index (κ2) is 3.16. The fraction of sp³-hybridized carbons (Fsp3) is 0.231. The van der Waals surface area contributed by atoms with Gasteiger partial charge in [-0.3, -0.25) is 0 Å². The van der Waals surface area contributed by atoms with Crippen molar-refractivity contribution in [1.82, 2.24) is 0 Å². The maximum atomic E-state index is 5.68. The van der Waals surface area contributed by atoms with E-state index < -0.39 is 0 Å². The van der Waals surface area contributed by atoms with Gasteiger partial charge in [0.2, 0.25) is 0 Å². The van der Waals surface area contributed by atoms with Crippen molar-refractivity contribution in [3.05, 3.63) is 36.4 Å². The highest BCUT2D eigenvalue weighted by Gasteiger charge is 2.16. The van der Waals surface area contributed by atoms with Crippen LogP contribution in [0.15, 0.2) is 36.4 Å². The summed E-state index contributed by atoms with van der Waals surface area (Å²) in [6.45, 7) is 2.87. The van der Waals surface area contributed by atoms with E-state index in [2.05, 4.69) is 42.6 Å². The molecule has 0 aromatic heterocycles. The summed E-state index contributed by atoms with van der Waals surface area (Å²) in [5.74, 6) is 0.965. The van der Waals surface area contributed by atoms with Crippen LogP contribution in [0.1, 0.15) is 6.92 Å². The molecule has 1 aliphatic heterocycles. The van der Waals surface area contributed by atoms with Crippen molar-refractivity contribution in [2.24, 2.45) is 0 Å². The Morgan fingerprint density at radius 1 is 1.20 bits per heavy atom. The second-order valence-electron chi connectivity index (χ2n) is 4.02. The van der Waals surface area contributed by atoms with Gasteiger partial charge in [-0.15, -0.1) is 0 Å². The minimum atomic E-state index is 0.378. The number of rotatable bonds is 0. The van der Waals surface area contributed by atoms with Crippen LogP contribution in [-0.4, -0.2) is 12.6 Å². The van der Waals surface area contributed by atoms with Crippen molar-refractivity contribution in [1.29, 1.82) is 0 Å². The summed E-state index contributed by atoms with van der Waals surface area (Å²) < 4.78 is 5.68. The van der Waals surface area contributed by atoms with E-state index in [0.717, 1.165) is 18.0 Å². The molecular formula is C13H13NO. The van der Waals surface area contributed by atoms with Crippen LogP contribution in [-0.2, 0) is 0 Å². The van der Waals surface area contributed by atoms with Gasteiger partial charge in [-0.05, 0) is 18.4 Å². The van der Waals surface area contributed by atoms with Crippen molar-refractivity contribution >= 4 is 16.5 Å². The Balaban J connectivity index is 2.28. The molecule has 1 atom stereocenters. The van der Waals surface area contributed by atoms with Crippen molar-refractivity contribution in [2.45, 2.75) is 13.0 Å². The van der Waals surface area contributed by atoms with E-state index in [9.17, 15) is 0 Å². The third-order valence-corrected chi connectivity index (χ3v) is 2.77. The Bertz CT molecular complexity index is 507. The summed E-state index contributed by atoms with van der Waals surface area (Å²) in [5.41, 5.74) is 1.13. The van der Waals surface area contributed by atoms with Gasteiger partial charge in [0.1, 0.15) is 12.4 Å². The molecule has 0 fully saturated rings. The van der Waals surface area contributed by atoms with Crippen LogP contribution < -0.4 is 10.1 Å². The molecule has 3 rings (SSSR count). The molecule has 1 aliphatic rings. The Morgan fingerprint density at radius 3 is 3.00 bits per heavy atom. The first-order valence-corrected chi connectivity index (χ1v) is 5.26. The van der Waals surface area contributed by atoms with Crippen LogP contribution in [0.2, 0.25) is 0 Å². The van der Waals surface area contributed by atoms with E-state index in [4.69, 9.17) is 4.74 Å². The fourth-order valence-electron chi connectivity index (χ4n) is 2.02. The molecule has 1 unspecified atom stereocenters. The number of benzene rings is 2. The Hall–Kier alpha value is -1.70. The van der Waals surface area contributed by atoms with Gasteiger partial charge >= 0.3 is 0 Å². The van der Waals surface area contributed by atoms with E-state index in [0.29, 0.717) is 6.04 Å². The summed E-state index contributed by atoms with van der Waals surface area (Å²) in [6.07, 6.45) is 0. The number of hydrogen-bond acceptors (Lipinski definition) is 2. The maximum absolute atomic E-state index is 5.68. The molecule has 76 valence electrons. The molecule has 0 saturated carbocycles. The molecule has 1 N–H and O–H groups in total. The van der Waals surface area contributed by atoms with Gasteiger partial charge in [-0.1, -0.05) is 30.3 Å². The lowest BCUT2D eigenvalue weighted by Crippen LogP contribution is -2.28. The maximum Gasteiger partial charge on any atom is 0.143 e. The SMILES string of the molecule is CC1COc2ccc3ccccc3c2N1. The van der Waals surface area contributed by atoms with Crippen molar-refractivity contribution < 1.29 is 4.74 Å². The normalized spacial score (nSPS) is 19.1. The number of fused-ring (bicyclic) bond motifs is 3. The lowest BCUT2D eigenvalue weighted by molar-refractivity contribution is 0.292. The van der Waals surface area contributed by atoms with Crippen molar-refractivity contribution in [3.8, 4) is 5.75 Å². The summed E-state index contributed by atoms with van der Waals surface area (Å²) in [4.78, 5) is 0. The molecule has 0 saturated heterocycles. The predicted octanol–water partition coefficient (Wildman–Crippen LogP) is 3.03. The van der Waals surface area contributed by atoms with Gasteiger partial charge < -0.3 is 10.1 Å². The van der Waals surface area contributed by atoms with E-state index in [1.807, 2.05) is 6.07 Å². The molecule has 2 nitrogen and oxygen atoms in total. The predicted molar refractivity (Wildman–Crippen MR) is 62.5 cm³/mol. The summed E-state index contributed by atoms with van der Waals surface area (Å²) >= 11 is 0. The van der Waals surface area contributed by atoms with Crippen LogP contribution in [0, 0.1) is 0 Å².